The molecule has 0 spiro atoms. The van der Waals surface area contributed by atoms with Gasteiger partial charge in [0.2, 0.25) is 0 Å². The third-order valence-corrected chi connectivity index (χ3v) is 6.51. The molecule has 2 aromatic heterocycles. The van der Waals surface area contributed by atoms with Crippen molar-refractivity contribution in [3.05, 3.63) is 87.8 Å². The number of hydrogen-bond donors (Lipinski definition) is 0. The Morgan fingerprint density at radius 3 is 2.35 bits per heavy atom. The van der Waals surface area contributed by atoms with Gasteiger partial charge in [0.05, 0.1) is 21.7 Å². The van der Waals surface area contributed by atoms with Gasteiger partial charge >= 0.3 is 5.97 Å². The Balaban J connectivity index is 1.65. The molecule has 2 heterocycles. The fourth-order valence-electron chi connectivity index (χ4n) is 3.76. The van der Waals surface area contributed by atoms with Crippen LogP contribution < -0.4 is 0 Å². The number of rotatable bonds is 4. The zero-order chi connectivity index (χ0) is 22.2. The highest BCUT2D eigenvalue weighted by molar-refractivity contribution is 7.13. The average molecular weight is 430 g/mol. The fourth-order valence-corrected chi connectivity index (χ4v) is 4.45. The maximum absolute atomic E-state index is 13.2. The van der Waals surface area contributed by atoms with Crippen LogP contribution in [0.5, 0.6) is 0 Å². The van der Waals surface area contributed by atoms with Crippen LogP contribution in [0, 0.1) is 13.8 Å². The van der Waals surface area contributed by atoms with Crippen molar-refractivity contribution in [2.24, 2.45) is 0 Å². The fraction of sp³-hybridized carbons (Fsp3) is 0.259. The van der Waals surface area contributed by atoms with Gasteiger partial charge in [0.25, 0.3) is 0 Å². The van der Waals surface area contributed by atoms with E-state index in [4.69, 9.17) is 9.72 Å². The molecule has 3 nitrogen and oxygen atoms in total. The summed E-state index contributed by atoms with van der Waals surface area (Å²) in [6, 6.07) is 18.0. The summed E-state index contributed by atoms with van der Waals surface area (Å²) in [5.41, 5.74) is 6.88. The van der Waals surface area contributed by atoms with E-state index in [1.807, 2.05) is 47.8 Å². The van der Waals surface area contributed by atoms with E-state index in [2.05, 4.69) is 46.8 Å². The average Bonchev–Trinajstić information content (AvgIpc) is 3.26. The largest absolute Gasteiger partial charge is 0.457 e. The molecule has 0 bridgehead atoms. The van der Waals surface area contributed by atoms with E-state index in [-0.39, 0.29) is 18.0 Å². The number of aromatic nitrogens is 1. The number of benzene rings is 2. The van der Waals surface area contributed by atoms with E-state index in [1.165, 1.54) is 5.56 Å². The number of fused-ring (bicyclic) bond motifs is 1. The van der Waals surface area contributed by atoms with Gasteiger partial charge in [-0.15, -0.1) is 11.3 Å². The Labute approximate surface area is 187 Å². The highest BCUT2D eigenvalue weighted by Gasteiger charge is 2.19. The molecule has 2 aromatic carbocycles. The molecule has 31 heavy (non-hydrogen) atoms. The Morgan fingerprint density at radius 1 is 1.00 bits per heavy atom. The normalized spacial score (nSPS) is 11.6. The molecule has 0 N–H and O–H groups in total. The Morgan fingerprint density at radius 2 is 1.71 bits per heavy atom. The Hall–Kier alpha value is -2.98. The zero-order valence-corrected chi connectivity index (χ0v) is 19.5. The molecule has 0 aliphatic rings. The number of para-hydroxylation sites is 1. The van der Waals surface area contributed by atoms with E-state index < -0.39 is 0 Å². The summed E-state index contributed by atoms with van der Waals surface area (Å²) in [4.78, 5) is 18.9. The van der Waals surface area contributed by atoms with E-state index in [0.717, 1.165) is 38.2 Å². The maximum atomic E-state index is 13.2. The minimum absolute atomic E-state index is 0.0822. The van der Waals surface area contributed by atoms with Gasteiger partial charge < -0.3 is 4.74 Å². The topological polar surface area (TPSA) is 39.2 Å². The molecule has 0 aliphatic carbocycles. The maximum Gasteiger partial charge on any atom is 0.339 e. The van der Waals surface area contributed by atoms with Crippen LogP contribution in [0.4, 0.5) is 0 Å². The minimum atomic E-state index is -0.324. The first-order valence-corrected chi connectivity index (χ1v) is 11.3. The number of aryl methyl sites for hydroxylation is 2. The molecule has 0 unspecified atom stereocenters. The lowest BCUT2D eigenvalue weighted by molar-refractivity contribution is 0.0474. The van der Waals surface area contributed by atoms with E-state index >= 15 is 0 Å². The summed E-state index contributed by atoms with van der Waals surface area (Å²) < 4.78 is 5.82. The summed E-state index contributed by atoms with van der Waals surface area (Å²) >= 11 is 1.61. The second-order valence-corrected chi connectivity index (χ2v) is 9.91. The molecule has 0 fully saturated rings. The van der Waals surface area contributed by atoms with Crippen molar-refractivity contribution >= 4 is 28.2 Å². The van der Waals surface area contributed by atoms with Crippen LogP contribution in [0.25, 0.3) is 21.5 Å². The van der Waals surface area contributed by atoms with Gasteiger partial charge in [0.15, 0.2) is 0 Å². The van der Waals surface area contributed by atoms with Gasteiger partial charge in [0, 0.05) is 5.39 Å². The van der Waals surface area contributed by atoms with Crippen molar-refractivity contribution in [2.45, 2.75) is 46.6 Å². The van der Waals surface area contributed by atoms with Crippen molar-refractivity contribution < 1.29 is 9.53 Å². The number of ether oxygens (including phenoxy) is 1. The van der Waals surface area contributed by atoms with Crippen molar-refractivity contribution in [1.29, 1.82) is 0 Å². The smallest absolute Gasteiger partial charge is 0.339 e. The van der Waals surface area contributed by atoms with Crippen molar-refractivity contribution in [1.82, 2.24) is 4.98 Å². The van der Waals surface area contributed by atoms with Crippen molar-refractivity contribution in [2.75, 3.05) is 0 Å². The number of pyridine rings is 1. The molecule has 0 amide bonds. The van der Waals surface area contributed by atoms with Crippen LogP contribution in [0.15, 0.2) is 60.0 Å². The molecular weight excluding hydrogens is 402 g/mol. The number of esters is 1. The standard InChI is InChI=1S/C27H27NO2S/c1-17-13-19(27(3,4)5)14-18(2)22(17)16-30-26(29)21-15-24(25-11-8-12-31-25)28-23-10-7-6-9-20(21)23/h6-15H,16H2,1-5H3. The summed E-state index contributed by atoms with van der Waals surface area (Å²) in [6.45, 7) is 11.1. The summed E-state index contributed by atoms with van der Waals surface area (Å²) in [7, 11) is 0. The second kappa shape index (κ2) is 8.27. The molecule has 4 rings (SSSR count). The second-order valence-electron chi connectivity index (χ2n) is 8.96. The van der Waals surface area contributed by atoms with Crippen LogP contribution in [0.2, 0.25) is 0 Å². The first kappa shape index (κ1) is 21.3. The van der Waals surface area contributed by atoms with Crippen LogP contribution >= 0.6 is 11.3 Å². The molecule has 0 aliphatic heterocycles. The molecule has 4 aromatic rings. The third kappa shape index (κ3) is 4.40. The number of carbonyl (C=O) groups excluding carboxylic acids is 1. The number of carbonyl (C=O) groups is 1. The zero-order valence-electron chi connectivity index (χ0n) is 18.7. The van der Waals surface area contributed by atoms with Gasteiger partial charge in [-0.1, -0.05) is 57.2 Å². The highest BCUT2D eigenvalue weighted by atomic mass is 32.1. The SMILES string of the molecule is Cc1cc(C(C)(C)C)cc(C)c1COC(=O)c1cc(-c2cccs2)nc2ccccc12. The first-order valence-electron chi connectivity index (χ1n) is 10.5. The first-order chi connectivity index (χ1) is 14.7. The summed E-state index contributed by atoms with van der Waals surface area (Å²) in [5, 5.41) is 2.82. The van der Waals surface area contributed by atoms with Crippen molar-refractivity contribution in [3.63, 3.8) is 0 Å². The quantitative estimate of drug-likeness (QED) is 0.321. The summed E-state index contributed by atoms with van der Waals surface area (Å²) in [6.07, 6.45) is 0. The van der Waals surface area contributed by atoms with E-state index in [1.54, 1.807) is 11.3 Å². The number of nitrogens with zero attached hydrogens (tertiary/aromatic N) is 1. The minimum Gasteiger partial charge on any atom is -0.457 e. The van der Waals surface area contributed by atoms with Gasteiger partial charge in [0.1, 0.15) is 6.61 Å². The highest BCUT2D eigenvalue weighted by Crippen LogP contribution is 2.30. The molecule has 158 valence electrons. The molecule has 4 heteroatoms. The van der Waals surface area contributed by atoms with Gasteiger partial charge in [-0.05, 0) is 65.1 Å². The van der Waals surface area contributed by atoms with Gasteiger partial charge in [-0.25, -0.2) is 9.78 Å². The third-order valence-electron chi connectivity index (χ3n) is 5.62. The van der Waals surface area contributed by atoms with Crippen LogP contribution in [-0.4, -0.2) is 11.0 Å². The van der Waals surface area contributed by atoms with Crippen LogP contribution in [0.1, 0.15) is 53.4 Å². The lowest BCUT2D eigenvalue weighted by Gasteiger charge is -2.22. The lowest BCUT2D eigenvalue weighted by atomic mass is 9.84. The summed E-state index contributed by atoms with van der Waals surface area (Å²) in [5.74, 6) is -0.324. The van der Waals surface area contributed by atoms with Crippen LogP contribution in [0.3, 0.4) is 0 Å². The van der Waals surface area contributed by atoms with Crippen LogP contribution in [-0.2, 0) is 16.8 Å². The van der Waals surface area contributed by atoms with Gasteiger partial charge in [-0.2, -0.15) is 0 Å². The molecular formula is C27H27NO2S. The predicted molar refractivity (Wildman–Crippen MR) is 129 cm³/mol. The lowest BCUT2D eigenvalue weighted by Crippen LogP contribution is -2.13. The van der Waals surface area contributed by atoms with E-state index in [9.17, 15) is 4.79 Å². The molecule has 0 saturated carbocycles. The number of hydrogen-bond acceptors (Lipinski definition) is 4. The number of thiophene rings is 1. The van der Waals surface area contributed by atoms with Gasteiger partial charge in [-0.3, -0.25) is 0 Å². The molecule has 0 radical (unpaired) electrons. The predicted octanol–water partition coefficient (Wildman–Crippen LogP) is 7.23. The molecule has 0 saturated heterocycles. The Bertz CT molecular complexity index is 1230. The van der Waals surface area contributed by atoms with E-state index in [0.29, 0.717) is 5.56 Å². The monoisotopic (exact) mass is 429 g/mol. The Kier molecular flexibility index (Phi) is 5.67. The molecule has 0 atom stereocenters. The van der Waals surface area contributed by atoms with Crippen molar-refractivity contribution in [3.8, 4) is 10.6 Å².